The van der Waals surface area contributed by atoms with Crippen LogP contribution in [0.3, 0.4) is 0 Å². The van der Waals surface area contributed by atoms with Crippen molar-refractivity contribution < 1.29 is 14.3 Å². The lowest BCUT2D eigenvalue weighted by atomic mass is 9.97. The monoisotopic (exact) mass is 346 g/mol. The summed E-state index contributed by atoms with van der Waals surface area (Å²) < 4.78 is 11.3. The van der Waals surface area contributed by atoms with E-state index in [1.54, 1.807) is 25.1 Å². The lowest BCUT2D eigenvalue weighted by molar-refractivity contribution is -0.139. The van der Waals surface area contributed by atoms with Gasteiger partial charge in [-0.05, 0) is 44.9 Å². The zero-order valence-electron chi connectivity index (χ0n) is 15.9. The molecule has 0 spiro atoms. The van der Waals surface area contributed by atoms with Crippen molar-refractivity contribution in [2.45, 2.75) is 65.4 Å². The van der Waals surface area contributed by atoms with Gasteiger partial charge in [-0.2, -0.15) is 5.26 Å². The Morgan fingerprint density at radius 1 is 1.24 bits per heavy atom. The molecule has 1 atom stereocenters. The molecule has 1 aromatic rings. The Morgan fingerprint density at radius 3 is 2.56 bits per heavy atom. The van der Waals surface area contributed by atoms with Gasteiger partial charge >= 0.3 is 0 Å². The van der Waals surface area contributed by atoms with Crippen molar-refractivity contribution in [3.05, 3.63) is 23.8 Å². The van der Waals surface area contributed by atoms with Crippen molar-refractivity contribution in [2.75, 3.05) is 18.5 Å². The van der Waals surface area contributed by atoms with Gasteiger partial charge in [0.05, 0.1) is 17.9 Å². The van der Waals surface area contributed by atoms with Gasteiger partial charge in [-0.3, -0.25) is 4.79 Å². The summed E-state index contributed by atoms with van der Waals surface area (Å²) in [4.78, 5) is 12.7. The van der Waals surface area contributed by atoms with Crippen molar-refractivity contribution in [1.29, 1.82) is 5.26 Å². The Morgan fingerprint density at radius 2 is 1.96 bits per heavy atom. The third kappa shape index (κ3) is 6.39. The Kier molecular flexibility index (Phi) is 9.01. The fourth-order valence-corrected chi connectivity index (χ4v) is 2.49. The number of anilines is 1. The Labute approximate surface area is 151 Å². The first-order chi connectivity index (χ1) is 12.0. The molecule has 0 aromatic heterocycles. The van der Waals surface area contributed by atoms with Crippen LogP contribution in [0.4, 0.5) is 5.69 Å². The number of carbonyl (C=O) groups excluding carboxylic acids is 1. The van der Waals surface area contributed by atoms with E-state index in [2.05, 4.69) is 25.2 Å². The zero-order valence-corrected chi connectivity index (χ0v) is 15.9. The van der Waals surface area contributed by atoms with Gasteiger partial charge in [-0.15, -0.1) is 0 Å². The highest BCUT2D eigenvalue weighted by Gasteiger charge is 2.33. The molecule has 138 valence electrons. The van der Waals surface area contributed by atoms with Crippen LogP contribution < -0.4 is 10.1 Å². The van der Waals surface area contributed by atoms with Crippen LogP contribution in [0.25, 0.3) is 0 Å². The van der Waals surface area contributed by atoms with E-state index in [4.69, 9.17) is 9.47 Å². The summed E-state index contributed by atoms with van der Waals surface area (Å²) in [5.41, 5.74) is -0.0252. The molecule has 1 rings (SSSR count). The number of benzene rings is 1. The maximum absolute atomic E-state index is 12.7. The minimum Gasteiger partial charge on any atom is -0.494 e. The number of carbonyl (C=O) groups is 1. The molecular formula is C20H30N2O3. The molecule has 5 nitrogen and oxygen atoms in total. The van der Waals surface area contributed by atoms with Crippen LogP contribution in [-0.4, -0.2) is 24.7 Å². The predicted molar refractivity (Wildman–Crippen MR) is 99.7 cm³/mol. The largest absolute Gasteiger partial charge is 0.494 e. The van der Waals surface area contributed by atoms with E-state index in [-0.39, 0.29) is 5.91 Å². The van der Waals surface area contributed by atoms with Crippen LogP contribution in [0.15, 0.2) is 18.2 Å². The van der Waals surface area contributed by atoms with Crippen molar-refractivity contribution in [2.24, 2.45) is 0 Å². The van der Waals surface area contributed by atoms with Gasteiger partial charge in [-0.1, -0.05) is 33.1 Å². The molecule has 5 heteroatoms. The summed E-state index contributed by atoms with van der Waals surface area (Å²) >= 11 is 0. The second kappa shape index (κ2) is 10.7. The van der Waals surface area contributed by atoms with E-state index in [1.165, 1.54) is 0 Å². The Bertz CT molecular complexity index is 595. The van der Waals surface area contributed by atoms with Crippen LogP contribution in [0.5, 0.6) is 5.75 Å². The highest BCUT2D eigenvalue weighted by molar-refractivity contribution is 5.98. The molecule has 0 bridgehead atoms. The first-order valence-corrected chi connectivity index (χ1v) is 9.13. The number of amides is 1. The fourth-order valence-electron chi connectivity index (χ4n) is 2.49. The minimum atomic E-state index is -0.895. The van der Waals surface area contributed by atoms with Gasteiger partial charge in [0.25, 0.3) is 5.91 Å². The molecule has 0 aliphatic heterocycles. The average Bonchev–Trinajstić information content (AvgIpc) is 2.61. The van der Waals surface area contributed by atoms with E-state index >= 15 is 0 Å². The standard InChI is InChI=1S/C20H30N2O3/c1-5-8-12-20(4,25-7-3)19(23)22-18-11-10-17(14-16(18)15-21)24-13-9-6-2/h10-11,14H,5-9,12-13H2,1-4H3,(H,22,23)/t20-/m1/s1. The number of nitrogens with zero attached hydrogens (tertiary/aromatic N) is 1. The number of nitrogens with one attached hydrogen (secondary N) is 1. The summed E-state index contributed by atoms with van der Waals surface area (Å²) in [6.45, 7) is 8.93. The number of rotatable bonds is 11. The quantitative estimate of drug-likeness (QED) is 0.591. The normalized spacial score (nSPS) is 12.9. The van der Waals surface area contributed by atoms with Crippen molar-refractivity contribution in [1.82, 2.24) is 0 Å². The van der Waals surface area contributed by atoms with Crippen LogP contribution in [0.1, 0.15) is 65.4 Å². The molecule has 0 fully saturated rings. The van der Waals surface area contributed by atoms with E-state index in [9.17, 15) is 10.1 Å². The Balaban J connectivity index is 2.89. The maximum atomic E-state index is 12.7. The molecule has 0 heterocycles. The number of ether oxygens (including phenoxy) is 2. The van der Waals surface area contributed by atoms with Gasteiger partial charge in [0, 0.05) is 6.61 Å². The molecule has 0 unspecified atom stereocenters. The van der Waals surface area contributed by atoms with Crippen molar-refractivity contribution in [3.8, 4) is 11.8 Å². The average molecular weight is 346 g/mol. The molecule has 0 saturated heterocycles. The lowest BCUT2D eigenvalue weighted by Crippen LogP contribution is -2.43. The molecule has 1 N–H and O–H groups in total. The smallest absolute Gasteiger partial charge is 0.256 e. The predicted octanol–water partition coefficient (Wildman–Crippen LogP) is 4.66. The summed E-state index contributed by atoms with van der Waals surface area (Å²) in [5, 5.41) is 12.2. The molecule has 1 aromatic carbocycles. The van der Waals surface area contributed by atoms with E-state index < -0.39 is 5.60 Å². The third-order valence-corrected chi connectivity index (χ3v) is 4.08. The molecule has 0 aliphatic rings. The van der Waals surface area contributed by atoms with Crippen LogP contribution >= 0.6 is 0 Å². The van der Waals surface area contributed by atoms with E-state index in [1.807, 2.05) is 6.92 Å². The summed E-state index contributed by atoms with van der Waals surface area (Å²) in [6.07, 6.45) is 4.54. The first-order valence-electron chi connectivity index (χ1n) is 9.13. The molecule has 0 aliphatic carbocycles. The number of unbranched alkanes of at least 4 members (excludes halogenated alkanes) is 2. The van der Waals surface area contributed by atoms with Crippen LogP contribution in [0.2, 0.25) is 0 Å². The van der Waals surface area contributed by atoms with E-state index in [0.29, 0.717) is 36.6 Å². The lowest BCUT2D eigenvalue weighted by Gasteiger charge is -2.28. The van der Waals surface area contributed by atoms with Crippen LogP contribution in [-0.2, 0) is 9.53 Å². The van der Waals surface area contributed by atoms with E-state index in [0.717, 1.165) is 25.7 Å². The summed E-state index contributed by atoms with van der Waals surface area (Å²) in [5.74, 6) is 0.417. The second-order valence-electron chi connectivity index (χ2n) is 6.24. The molecule has 25 heavy (non-hydrogen) atoms. The molecule has 1 amide bonds. The Hall–Kier alpha value is -2.06. The maximum Gasteiger partial charge on any atom is 0.256 e. The fraction of sp³-hybridized carbons (Fsp3) is 0.600. The van der Waals surface area contributed by atoms with Gasteiger partial charge in [0.2, 0.25) is 0 Å². The van der Waals surface area contributed by atoms with Gasteiger partial charge in [0.15, 0.2) is 0 Å². The third-order valence-electron chi connectivity index (χ3n) is 4.08. The number of hydrogen-bond acceptors (Lipinski definition) is 4. The van der Waals surface area contributed by atoms with Gasteiger partial charge < -0.3 is 14.8 Å². The highest BCUT2D eigenvalue weighted by Crippen LogP contribution is 2.25. The number of nitriles is 1. The highest BCUT2D eigenvalue weighted by atomic mass is 16.5. The number of hydrogen-bond donors (Lipinski definition) is 1. The second-order valence-corrected chi connectivity index (χ2v) is 6.24. The summed E-state index contributed by atoms with van der Waals surface area (Å²) in [6, 6.07) is 7.27. The molecule has 0 radical (unpaired) electrons. The van der Waals surface area contributed by atoms with Crippen molar-refractivity contribution >= 4 is 11.6 Å². The molecule has 0 saturated carbocycles. The summed E-state index contributed by atoms with van der Waals surface area (Å²) in [7, 11) is 0. The topological polar surface area (TPSA) is 71.3 Å². The van der Waals surface area contributed by atoms with Crippen molar-refractivity contribution in [3.63, 3.8) is 0 Å². The SMILES string of the molecule is CCCCOc1ccc(NC(=O)[C@@](C)(CCCC)OCC)c(C#N)c1. The molecular weight excluding hydrogens is 316 g/mol. The van der Waals surface area contributed by atoms with Gasteiger partial charge in [0.1, 0.15) is 17.4 Å². The minimum absolute atomic E-state index is 0.223. The van der Waals surface area contributed by atoms with Gasteiger partial charge in [-0.25, -0.2) is 0 Å². The first kappa shape index (κ1) is 21.0. The van der Waals surface area contributed by atoms with Crippen LogP contribution in [0, 0.1) is 11.3 Å². The zero-order chi connectivity index (χ0) is 18.7.